The smallest absolute Gasteiger partial charge is 0.341 e. The number of hydrogen-bond donors (Lipinski definition) is 3. The molecule has 1 aromatic heterocycles. The zero-order chi connectivity index (χ0) is 10.0. The van der Waals surface area contributed by atoms with Gasteiger partial charge in [-0.3, -0.25) is 0 Å². The van der Waals surface area contributed by atoms with E-state index in [9.17, 15) is 4.79 Å². The topological polar surface area (TPSA) is 126 Å². The molecular weight excluding hydrogens is 172 g/mol. The first-order valence-electron chi connectivity index (χ1n) is 3.25. The highest BCUT2D eigenvalue weighted by molar-refractivity contribution is 5.99. The van der Waals surface area contributed by atoms with Crippen molar-refractivity contribution in [1.82, 2.24) is 4.98 Å². The molecule has 0 radical (unpaired) electrons. The maximum atomic E-state index is 10.6. The fraction of sp³-hybridized carbons (Fsp3) is 0. The first-order chi connectivity index (χ1) is 6.07. The van der Waals surface area contributed by atoms with E-state index in [0.717, 1.165) is 6.20 Å². The number of carboxylic acids is 1. The van der Waals surface area contributed by atoms with Gasteiger partial charge in [-0.05, 0) is 0 Å². The van der Waals surface area contributed by atoms with Gasteiger partial charge in [0.15, 0.2) is 0 Å². The van der Waals surface area contributed by atoms with Gasteiger partial charge in [0.1, 0.15) is 17.5 Å². The van der Waals surface area contributed by atoms with E-state index in [1.54, 1.807) is 6.07 Å². The second kappa shape index (κ2) is 2.98. The second-order valence-corrected chi connectivity index (χ2v) is 2.26. The summed E-state index contributed by atoms with van der Waals surface area (Å²) in [6.45, 7) is 0. The quantitative estimate of drug-likeness (QED) is 0.547. The van der Waals surface area contributed by atoms with E-state index in [1.807, 2.05) is 0 Å². The molecule has 0 aliphatic carbocycles. The standard InChI is InChI=1S/C7H6N4O2/c8-1-3-2-11-6(10)4(5(3)9)7(12)13/h2H,(H,12,13)(H4,9,10,11). The summed E-state index contributed by atoms with van der Waals surface area (Å²) in [7, 11) is 0. The van der Waals surface area contributed by atoms with Crippen LogP contribution in [0.1, 0.15) is 15.9 Å². The molecule has 0 saturated heterocycles. The fourth-order valence-electron chi connectivity index (χ4n) is 0.855. The van der Waals surface area contributed by atoms with Gasteiger partial charge in [-0.25, -0.2) is 9.78 Å². The molecule has 0 aliphatic heterocycles. The predicted molar refractivity (Wildman–Crippen MR) is 44.7 cm³/mol. The Morgan fingerprint density at radius 3 is 2.69 bits per heavy atom. The molecule has 0 unspecified atom stereocenters. The molecule has 5 N–H and O–H groups in total. The number of aromatic carboxylic acids is 1. The summed E-state index contributed by atoms with van der Waals surface area (Å²) in [5.74, 6) is -1.48. The monoisotopic (exact) mass is 178 g/mol. The van der Waals surface area contributed by atoms with Crippen LogP contribution in [0.2, 0.25) is 0 Å². The largest absolute Gasteiger partial charge is 0.477 e. The minimum Gasteiger partial charge on any atom is -0.477 e. The summed E-state index contributed by atoms with van der Waals surface area (Å²) < 4.78 is 0. The van der Waals surface area contributed by atoms with Crippen LogP contribution in [0.5, 0.6) is 0 Å². The summed E-state index contributed by atoms with van der Waals surface area (Å²) in [5, 5.41) is 17.2. The predicted octanol–water partition coefficient (Wildman–Crippen LogP) is -0.184. The van der Waals surface area contributed by atoms with Gasteiger partial charge in [0.2, 0.25) is 0 Å². The Morgan fingerprint density at radius 2 is 2.23 bits per heavy atom. The van der Waals surface area contributed by atoms with Gasteiger partial charge in [-0.1, -0.05) is 0 Å². The first-order valence-corrected chi connectivity index (χ1v) is 3.25. The number of nitrogen functional groups attached to an aromatic ring is 2. The van der Waals surface area contributed by atoms with Crippen LogP contribution < -0.4 is 11.5 Å². The third kappa shape index (κ3) is 1.35. The molecular formula is C7H6N4O2. The number of rotatable bonds is 1. The number of carbonyl (C=O) groups is 1. The lowest BCUT2D eigenvalue weighted by molar-refractivity contribution is 0.0699. The summed E-state index contributed by atoms with van der Waals surface area (Å²) in [5.41, 5.74) is 10.2. The van der Waals surface area contributed by atoms with Crippen LogP contribution in [0.3, 0.4) is 0 Å². The molecule has 1 aromatic rings. The Morgan fingerprint density at radius 1 is 1.62 bits per heavy atom. The Hall–Kier alpha value is -2.29. The van der Waals surface area contributed by atoms with Crippen molar-refractivity contribution >= 4 is 17.5 Å². The molecule has 1 rings (SSSR count). The third-order valence-corrected chi connectivity index (χ3v) is 1.48. The minimum atomic E-state index is -1.29. The molecule has 1 heterocycles. The number of carboxylic acid groups (broad SMARTS) is 1. The second-order valence-electron chi connectivity index (χ2n) is 2.26. The van der Waals surface area contributed by atoms with Gasteiger partial charge in [-0.2, -0.15) is 5.26 Å². The van der Waals surface area contributed by atoms with Crippen molar-refractivity contribution in [2.75, 3.05) is 11.5 Å². The third-order valence-electron chi connectivity index (χ3n) is 1.48. The number of nitrogens with zero attached hydrogens (tertiary/aromatic N) is 2. The van der Waals surface area contributed by atoms with Crippen LogP contribution in [0, 0.1) is 11.3 Å². The van der Waals surface area contributed by atoms with Crippen LogP contribution in [0.25, 0.3) is 0 Å². The summed E-state index contributed by atoms with van der Waals surface area (Å²) in [6, 6.07) is 1.71. The first kappa shape index (κ1) is 8.80. The maximum absolute atomic E-state index is 10.6. The maximum Gasteiger partial charge on any atom is 0.341 e. The molecule has 0 atom stereocenters. The van der Waals surface area contributed by atoms with E-state index in [4.69, 9.17) is 21.8 Å². The zero-order valence-corrected chi connectivity index (χ0v) is 6.48. The zero-order valence-electron chi connectivity index (χ0n) is 6.48. The van der Waals surface area contributed by atoms with E-state index < -0.39 is 5.97 Å². The van der Waals surface area contributed by atoms with E-state index in [2.05, 4.69) is 4.98 Å². The highest BCUT2D eigenvalue weighted by Gasteiger charge is 2.16. The lowest BCUT2D eigenvalue weighted by atomic mass is 10.1. The Balaban J connectivity index is 3.50. The number of nitriles is 1. The number of anilines is 2. The molecule has 0 bridgehead atoms. The van der Waals surface area contributed by atoms with Crippen molar-refractivity contribution in [3.05, 3.63) is 17.3 Å². The Bertz CT molecular complexity index is 408. The van der Waals surface area contributed by atoms with E-state index in [-0.39, 0.29) is 22.6 Å². The SMILES string of the molecule is N#Cc1cnc(N)c(C(=O)O)c1N. The average Bonchev–Trinajstić information content (AvgIpc) is 2.04. The molecule has 6 heteroatoms. The Labute approximate surface area is 73.4 Å². The number of pyridine rings is 1. The lowest BCUT2D eigenvalue weighted by Crippen LogP contribution is -2.10. The van der Waals surface area contributed by atoms with Crippen molar-refractivity contribution in [2.45, 2.75) is 0 Å². The molecule has 0 saturated carbocycles. The summed E-state index contributed by atoms with van der Waals surface area (Å²) >= 11 is 0. The van der Waals surface area contributed by atoms with Crippen LogP contribution in [0.4, 0.5) is 11.5 Å². The van der Waals surface area contributed by atoms with Crippen molar-refractivity contribution in [3.63, 3.8) is 0 Å². The molecule has 0 fully saturated rings. The lowest BCUT2D eigenvalue weighted by Gasteiger charge is -2.03. The van der Waals surface area contributed by atoms with Gasteiger partial charge in [-0.15, -0.1) is 0 Å². The van der Waals surface area contributed by atoms with Crippen molar-refractivity contribution in [3.8, 4) is 6.07 Å². The van der Waals surface area contributed by atoms with E-state index in [0.29, 0.717) is 0 Å². The Kier molecular flexibility index (Phi) is 2.02. The minimum absolute atomic E-state index is 0.00611. The molecule has 0 spiro atoms. The van der Waals surface area contributed by atoms with Crippen LogP contribution in [0.15, 0.2) is 6.20 Å². The highest BCUT2D eigenvalue weighted by atomic mass is 16.4. The summed E-state index contributed by atoms with van der Waals surface area (Å²) in [6.07, 6.45) is 1.14. The molecule has 66 valence electrons. The molecule has 0 amide bonds. The normalized spacial score (nSPS) is 9.15. The van der Waals surface area contributed by atoms with Gasteiger partial charge in [0.25, 0.3) is 0 Å². The molecule has 13 heavy (non-hydrogen) atoms. The molecule has 0 aliphatic rings. The number of aromatic nitrogens is 1. The van der Waals surface area contributed by atoms with Gasteiger partial charge in [0, 0.05) is 6.20 Å². The van der Waals surface area contributed by atoms with Gasteiger partial charge < -0.3 is 16.6 Å². The van der Waals surface area contributed by atoms with Gasteiger partial charge in [0.05, 0.1) is 11.3 Å². The average molecular weight is 178 g/mol. The van der Waals surface area contributed by atoms with Crippen molar-refractivity contribution < 1.29 is 9.90 Å². The summed E-state index contributed by atoms with van der Waals surface area (Å²) in [4.78, 5) is 14.1. The van der Waals surface area contributed by atoms with Crippen molar-refractivity contribution in [2.24, 2.45) is 0 Å². The van der Waals surface area contributed by atoms with Crippen LogP contribution in [-0.4, -0.2) is 16.1 Å². The van der Waals surface area contributed by atoms with Crippen LogP contribution in [-0.2, 0) is 0 Å². The fourth-order valence-corrected chi connectivity index (χ4v) is 0.855. The van der Waals surface area contributed by atoms with E-state index in [1.165, 1.54) is 0 Å². The van der Waals surface area contributed by atoms with Crippen molar-refractivity contribution in [1.29, 1.82) is 5.26 Å². The molecule has 6 nitrogen and oxygen atoms in total. The van der Waals surface area contributed by atoms with Gasteiger partial charge >= 0.3 is 5.97 Å². The highest BCUT2D eigenvalue weighted by Crippen LogP contribution is 2.20. The number of nitrogens with two attached hydrogens (primary N) is 2. The van der Waals surface area contributed by atoms with E-state index >= 15 is 0 Å². The molecule has 0 aromatic carbocycles. The van der Waals surface area contributed by atoms with Crippen LogP contribution >= 0.6 is 0 Å². The number of hydrogen-bond acceptors (Lipinski definition) is 5.